The molecule has 1 heterocycles. The van der Waals surface area contributed by atoms with Crippen molar-refractivity contribution in [2.75, 3.05) is 41.0 Å². The summed E-state index contributed by atoms with van der Waals surface area (Å²) in [6.45, 7) is 6.00. The van der Waals surface area contributed by atoms with Gasteiger partial charge >= 0.3 is 0 Å². The Hall–Kier alpha value is -0.280. The van der Waals surface area contributed by atoms with Gasteiger partial charge in [0.25, 0.3) is 0 Å². The minimum atomic E-state index is -1.30. The molecule has 0 aromatic carbocycles. The van der Waals surface area contributed by atoms with Gasteiger partial charge in [-0.25, -0.2) is 0 Å². The fourth-order valence-corrected chi connectivity index (χ4v) is 11.6. The van der Waals surface area contributed by atoms with E-state index in [1.807, 2.05) is 7.11 Å². The molecule has 188 valence electrons. The Labute approximate surface area is 197 Å². The van der Waals surface area contributed by atoms with E-state index in [4.69, 9.17) is 14.2 Å². The molecule has 5 aliphatic carbocycles. The predicted octanol–water partition coefficient (Wildman–Crippen LogP) is 1.28. The van der Waals surface area contributed by atoms with Crippen LogP contribution in [0.2, 0.25) is 0 Å². The van der Waals surface area contributed by atoms with E-state index in [2.05, 4.69) is 18.7 Å². The van der Waals surface area contributed by atoms with E-state index in [0.29, 0.717) is 6.42 Å². The Morgan fingerprint density at radius 2 is 1.82 bits per heavy atom. The lowest BCUT2D eigenvalue weighted by molar-refractivity contribution is -0.318. The zero-order chi connectivity index (χ0) is 23.6. The van der Waals surface area contributed by atoms with Gasteiger partial charge in [0.2, 0.25) is 0 Å². The highest BCUT2D eigenvalue weighted by Gasteiger charge is 2.90. The zero-order valence-electron chi connectivity index (χ0n) is 20.9. The van der Waals surface area contributed by atoms with Crippen molar-refractivity contribution in [3.63, 3.8) is 0 Å². The zero-order valence-corrected chi connectivity index (χ0v) is 20.9. The van der Waals surface area contributed by atoms with Crippen LogP contribution in [0.25, 0.3) is 0 Å². The van der Waals surface area contributed by atoms with Gasteiger partial charge in [0.1, 0.15) is 11.2 Å². The largest absolute Gasteiger partial charge is 0.396 e. The van der Waals surface area contributed by atoms with Crippen molar-refractivity contribution in [1.29, 1.82) is 0 Å². The molecular formula is C26H43NO6. The van der Waals surface area contributed by atoms with Gasteiger partial charge in [-0.3, -0.25) is 4.90 Å². The average Bonchev–Trinajstić information content (AvgIpc) is 3.24. The number of methoxy groups -OCH3 is 3. The Kier molecular flexibility index (Phi) is 5.01. The van der Waals surface area contributed by atoms with Crippen LogP contribution in [0.1, 0.15) is 46.0 Å². The minimum absolute atomic E-state index is 0.00278. The van der Waals surface area contributed by atoms with E-state index in [1.165, 1.54) is 0 Å². The number of likely N-dealkylation sites (tertiary alicyclic amines) is 1. The second kappa shape index (κ2) is 7.15. The third-order valence-electron chi connectivity index (χ3n) is 12.0. The van der Waals surface area contributed by atoms with Gasteiger partial charge in [-0.2, -0.15) is 0 Å². The van der Waals surface area contributed by atoms with Crippen molar-refractivity contribution in [2.24, 2.45) is 40.4 Å². The summed E-state index contributed by atoms with van der Waals surface area (Å²) in [7, 11) is 5.30. The second-order valence-corrected chi connectivity index (χ2v) is 12.2. The molecule has 33 heavy (non-hydrogen) atoms. The van der Waals surface area contributed by atoms with E-state index in [0.717, 1.165) is 38.8 Å². The number of rotatable bonds is 6. The lowest BCUT2D eigenvalue weighted by Gasteiger charge is -2.70. The minimum Gasteiger partial charge on any atom is -0.396 e. The summed E-state index contributed by atoms with van der Waals surface area (Å²) in [6.07, 6.45) is 3.65. The molecule has 6 rings (SSSR count). The molecule has 1 saturated heterocycles. The molecule has 13 unspecified atom stereocenters. The van der Waals surface area contributed by atoms with Crippen LogP contribution in [0.3, 0.4) is 0 Å². The van der Waals surface area contributed by atoms with Crippen molar-refractivity contribution < 1.29 is 29.5 Å². The molecule has 6 aliphatic rings. The maximum atomic E-state index is 13.1. The Bertz CT molecular complexity index is 812. The summed E-state index contributed by atoms with van der Waals surface area (Å²) in [5.41, 5.74) is -3.19. The SMILES string of the molecule is CCC1C2C3(CO)CCC(OC)C24C2CC5C(OC)CC(O)(C2C5OC)C1(O)C4N(CC)C3. The maximum absolute atomic E-state index is 13.1. The van der Waals surface area contributed by atoms with Crippen LogP contribution in [0.5, 0.6) is 0 Å². The van der Waals surface area contributed by atoms with Gasteiger partial charge in [-0.1, -0.05) is 20.3 Å². The monoisotopic (exact) mass is 465 g/mol. The van der Waals surface area contributed by atoms with Crippen molar-refractivity contribution in [2.45, 2.75) is 81.5 Å². The molecule has 6 fully saturated rings. The quantitative estimate of drug-likeness (QED) is 0.544. The molecule has 1 spiro atoms. The molecule has 1 aliphatic heterocycles. The second-order valence-electron chi connectivity index (χ2n) is 12.2. The van der Waals surface area contributed by atoms with Gasteiger partial charge < -0.3 is 29.5 Å². The summed E-state index contributed by atoms with van der Waals surface area (Å²) in [5.74, 6) is 0.226. The lowest BCUT2D eigenvalue weighted by atomic mass is 9.42. The number of aliphatic hydroxyl groups is 3. The fraction of sp³-hybridized carbons (Fsp3) is 1.00. The molecule has 3 N–H and O–H groups in total. The first-order chi connectivity index (χ1) is 15.8. The standard InChI is InChI=1S/C26H43NO6/c1-6-15-21-23(13-28)9-8-18(32-4)25(21)16-10-14-17(31-3)11-24(29,19(16)20(14)33-5)26(15,30)22(25)27(7-2)12-23/h14-22,28-30H,6-13H2,1-5H3. The van der Waals surface area contributed by atoms with Crippen molar-refractivity contribution in [1.82, 2.24) is 4.90 Å². The van der Waals surface area contributed by atoms with Crippen LogP contribution in [0, 0.1) is 40.4 Å². The summed E-state index contributed by atoms with van der Waals surface area (Å²) in [5, 5.41) is 36.8. The molecule has 5 saturated carbocycles. The average molecular weight is 466 g/mol. The van der Waals surface area contributed by atoms with E-state index >= 15 is 0 Å². The first-order valence-electron chi connectivity index (χ1n) is 13.2. The first kappa shape index (κ1) is 23.1. The number of fused-ring (bicyclic) bond motifs is 2. The Balaban J connectivity index is 1.68. The Morgan fingerprint density at radius 1 is 1.06 bits per heavy atom. The summed E-state index contributed by atoms with van der Waals surface area (Å²) in [6, 6.07) is -0.187. The third-order valence-corrected chi connectivity index (χ3v) is 12.0. The molecule has 7 bridgehead atoms. The number of hydrogen-bond donors (Lipinski definition) is 3. The number of nitrogens with zero attached hydrogens (tertiary/aromatic N) is 1. The van der Waals surface area contributed by atoms with Crippen molar-refractivity contribution in [3.05, 3.63) is 0 Å². The topological polar surface area (TPSA) is 91.6 Å². The van der Waals surface area contributed by atoms with E-state index in [9.17, 15) is 15.3 Å². The number of likely N-dealkylation sites (N-methyl/N-ethyl adjacent to an activating group) is 1. The highest BCUT2D eigenvalue weighted by Crippen LogP contribution is 2.82. The van der Waals surface area contributed by atoms with Crippen LogP contribution < -0.4 is 0 Å². The highest BCUT2D eigenvalue weighted by atomic mass is 16.5. The van der Waals surface area contributed by atoms with Gasteiger partial charge in [0, 0.05) is 57.0 Å². The molecule has 7 heteroatoms. The summed E-state index contributed by atoms with van der Waals surface area (Å²) < 4.78 is 18.4. The fourth-order valence-electron chi connectivity index (χ4n) is 11.6. The molecule has 13 atom stereocenters. The molecule has 0 amide bonds. The predicted molar refractivity (Wildman–Crippen MR) is 121 cm³/mol. The highest BCUT2D eigenvalue weighted by molar-refractivity contribution is 5.40. The van der Waals surface area contributed by atoms with Crippen molar-refractivity contribution in [3.8, 4) is 0 Å². The smallest absolute Gasteiger partial charge is 0.113 e. The maximum Gasteiger partial charge on any atom is 0.113 e. The van der Waals surface area contributed by atoms with Gasteiger partial charge in [-0.05, 0) is 43.6 Å². The number of hydrogen-bond acceptors (Lipinski definition) is 7. The number of aliphatic hydroxyl groups excluding tert-OH is 1. The van der Waals surface area contributed by atoms with Crippen LogP contribution in [-0.2, 0) is 14.2 Å². The van der Waals surface area contributed by atoms with Crippen LogP contribution in [0.15, 0.2) is 0 Å². The van der Waals surface area contributed by atoms with E-state index in [-0.39, 0.29) is 71.4 Å². The summed E-state index contributed by atoms with van der Waals surface area (Å²) in [4.78, 5) is 2.41. The molecule has 7 nitrogen and oxygen atoms in total. The van der Waals surface area contributed by atoms with Gasteiger partial charge in [0.05, 0.1) is 31.0 Å². The Morgan fingerprint density at radius 3 is 2.39 bits per heavy atom. The number of ether oxygens (including phenoxy) is 3. The summed E-state index contributed by atoms with van der Waals surface area (Å²) >= 11 is 0. The molecule has 0 aromatic heterocycles. The third kappa shape index (κ3) is 2.17. The molecular weight excluding hydrogens is 422 g/mol. The van der Waals surface area contributed by atoms with Crippen molar-refractivity contribution >= 4 is 0 Å². The molecule has 0 aromatic rings. The van der Waals surface area contributed by atoms with Gasteiger partial charge in [0.15, 0.2) is 0 Å². The van der Waals surface area contributed by atoms with E-state index in [1.54, 1.807) is 14.2 Å². The van der Waals surface area contributed by atoms with Crippen LogP contribution >= 0.6 is 0 Å². The molecule has 0 radical (unpaired) electrons. The van der Waals surface area contributed by atoms with Crippen LogP contribution in [-0.4, -0.2) is 96.8 Å². The number of piperidine rings is 1. The van der Waals surface area contributed by atoms with E-state index < -0.39 is 11.2 Å². The van der Waals surface area contributed by atoms with Crippen LogP contribution in [0.4, 0.5) is 0 Å². The normalized spacial score (nSPS) is 60.9. The lowest BCUT2D eigenvalue weighted by Crippen LogP contribution is -2.81. The van der Waals surface area contributed by atoms with Gasteiger partial charge in [-0.15, -0.1) is 0 Å². The first-order valence-corrected chi connectivity index (χ1v) is 13.2.